The normalized spacial score (nSPS) is 11.0. The molecule has 0 saturated carbocycles. The number of aromatic nitrogens is 3. The predicted octanol–water partition coefficient (Wildman–Crippen LogP) is 5.61. The molecule has 7 heteroatoms. The number of fused-ring (bicyclic) bond motifs is 1. The molecule has 4 rings (SSSR count). The maximum Gasteiger partial charge on any atom is 0.511 e. The molecular weight excluding hydrogens is 416 g/mol. The lowest BCUT2D eigenvalue weighted by molar-refractivity contribution is 0.144. The summed E-state index contributed by atoms with van der Waals surface area (Å²) in [4.78, 5) is 22.7. The smallest absolute Gasteiger partial charge is 0.449 e. The van der Waals surface area contributed by atoms with Gasteiger partial charge in [-0.15, -0.1) is 0 Å². The Hall–Kier alpha value is -3.87. The monoisotopic (exact) mass is 444 g/mol. The average molecular weight is 445 g/mol. The minimum Gasteiger partial charge on any atom is -0.449 e. The quantitative estimate of drug-likeness (QED) is 0.281. The molecule has 0 aliphatic carbocycles. The Balaban J connectivity index is 1.67. The molecule has 0 bridgehead atoms. The van der Waals surface area contributed by atoms with Crippen molar-refractivity contribution < 1.29 is 14.6 Å². The number of pyridine rings is 1. The second kappa shape index (κ2) is 9.73. The van der Waals surface area contributed by atoms with Gasteiger partial charge in [-0.25, -0.2) is 14.8 Å². The molecule has 170 valence electrons. The zero-order valence-corrected chi connectivity index (χ0v) is 19.2. The van der Waals surface area contributed by atoms with Crippen molar-refractivity contribution in [3.63, 3.8) is 0 Å². The number of hydrogen-bond acceptors (Lipinski definition) is 5. The third-order valence-electron chi connectivity index (χ3n) is 5.56. The molecule has 0 fully saturated rings. The number of nitrogens with zero attached hydrogens (tertiary/aromatic N) is 4. The van der Waals surface area contributed by atoms with E-state index in [2.05, 4.69) is 23.6 Å². The number of carboxylic acid groups (broad SMARTS) is 1. The van der Waals surface area contributed by atoms with E-state index in [0.29, 0.717) is 12.3 Å². The second-order valence-electron chi connectivity index (χ2n) is 8.19. The summed E-state index contributed by atoms with van der Waals surface area (Å²) in [7, 11) is 3.97. The van der Waals surface area contributed by atoms with Gasteiger partial charge in [-0.05, 0) is 35.7 Å². The van der Waals surface area contributed by atoms with Crippen molar-refractivity contribution in [1.29, 1.82) is 0 Å². The number of anilines is 1. The molecule has 2 heterocycles. The molecule has 2 aromatic carbocycles. The van der Waals surface area contributed by atoms with Crippen molar-refractivity contribution in [1.82, 2.24) is 14.5 Å². The van der Waals surface area contributed by atoms with Crippen molar-refractivity contribution in [2.24, 2.45) is 0 Å². The number of rotatable bonds is 8. The summed E-state index contributed by atoms with van der Waals surface area (Å²) in [6, 6.07) is 19.2. The molecule has 0 aliphatic heterocycles. The number of para-hydroxylation sites is 1. The highest BCUT2D eigenvalue weighted by Gasteiger charge is 2.14. The largest absolute Gasteiger partial charge is 0.511 e. The van der Waals surface area contributed by atoms with E-state index in [4.69, 9.17) is 19.8 Å². The van der Waals surface area contributed by atoms with E-state index < -0.39 is 6.16 Å². The lowest BCUT2D eigenvalue weighted by atomic mass is 10.0. The number of hydrogen-bond donors (Lipinski definition) is 1. The summed E-state index contributed by atoms with van der Waals surface area (Å²) >= 11 is 0. The molecule has 2 aromatic heterocycles. The first-order valence-electron chi connectivity index (χ1n) is 11.1. The van der Waals surface area contributed by atoms with Gasteiger partial charge in [0.15, 0.2) is 5.65 Å². The van der Waals surface area contributed by atoms with Gasteiger partial charge in [0.2, 0.25) is 0 Å². The number of aryl methyl sites for hydroxylation is 1. The molecule has 1 N–H and O–H groups in total. The molecule has 7 nitrogen and oxygen atoms in total. The van der Waals surface area contributed by atoms with Crippen LogP contribution in [0.15, 0.2) is 60.7 Å². The van der Waals surface area contributed by atoms with E-state index in [9.17, 15) is 4.79 Å². The molecule has 0 unspecified atom stereocenters. The zero-order valence-electron chi connectivity index (χ0n) is 19.2. The van der Waals surface area contributed by atoms with Crippen LogP contribution < -0.4 is 9.64 Å². The first-order valence-corrected chi connectivity index (χ1v) is 11.1. The van der Waals surface area contributed by atoms with E-state index in [1.54, 1.807) is 12.1 Å². The molecule has 0 aliphatic rings. The van der Waals surface area contributed by atoms with Crippen LogP contribution in [0.3, 0.4) is 0 Å². The van der Waals surface area contributed by atoms with Crippen molar-refractivity contribution in [3.8, 4) is 16.9 Å². The third-order valence-corrected chi connectivity index (χ3v) is 5.56. The number of unbranched alkanes of at least 4 members (excludes halogenated alkanes) is 1. The van der Waals surface area contributed by atoms with Crippen LogP contribution in [0.25, 0.3) is 22.3 Å². The van der Waals surface area contributed by atoms with Gasteiger partial charge in [-0.2, -0.15) is 0 Å². The number of ether oxygens (including phenoxy) is 1. The van der Waals surface area contributed by atoms with Crippen molar-refractivity contribution in [2.75, 3.05) is 19.0 Å². The van der Waals surface area contributed by atoms with E-state index in [-0.39, 0.29) is 0 Å². The molecular formula is C26H28N4O3. The highest BCUT2D eigenvalue weighted by atomic mass is 16.7. The Kier molecular flexibility index (Phi) is 6.58. The molecule has 0 amide bonds. The van der Waals surface area contributed by atoms with E-state index in [0.717, 1.165) is 58.8 Å². The summed E-state index contributed by atoms with van der Waals surface area (Å²) in [5.74, 6) is 2.26. The standard InChI is InChI=1S/C26H28N4O3/c1-4-5-10-24-27-21-15-16-23(29(2)3)28-25(21)30(24)17-18-11-13-19(14-12-18)20-8-6-7-9-22(20)33-26(31)32/h6-9,11-16H,4-5,10,17H2,1-3H3,(H,31,32). The lowest BCUT2D eigenvalue weighted by Crippen LogP contribution is -2.11. The van der Waals surface area contributed by atoms with E-state index in [1.165, 1.54) is 0 Å². The number of imidazole rings is 1. The maximum atomic E-state index is 11.0. The van der Waals surface area contributed by atoms with Gasteiger partial charge in [0.05, 0.1) is 6.54 Å². The fourth-order valence-electron chi connectivity index (χ4n) is 3.84. The Labute approximate surface area is 193 Å². The highest BCUT2D eigenvalue weighted by molar-refractivity contribution is 5.75. The van der Waals surface area contributed by atoms with Crippen LogP contribution in [-0.2, 0) is 13.0 Å². The fourth-order valence-corrected chi connectivity index (χ4v) is 3.84. The van der Waals surface area contributed by atoms with Gasteiger partial charge in [-0.3, -0.25) is 0 Å². The molecule has 0 spiro atoms. The first kappa shape index (κ1) is 22.3. The van der Waals surface area contributed by atoms with Gasteiger partial charge in [0.1, 0.15) is 22.9 Å². The molecule has 33 heavy (non-hydrogen) atoms. The van der Waals surface area contributed by atoms with E-state index in [1.807, 2.05) is 55.4 Å². The van der Waals surface area contributed by atoms with Gasteiger partial charge in [0.25, 0.3) is 0 Å². The molecule has 4 aromatic rings. The Bertz CT molecular complexity index is 1260. The minimum atomic E-state index is -1.32. The zero-order chi connectivity index (χ0) is 23.4. The number of benzene rings is 2. The Morgan fingerprint density at radius 1 is 1.03 bits per heavy atom. The SMILES string of the molecule is CCCCc1nc2ccc(N(C)C)nc2n1Cc1ccc(-c2ccccc2OC(=O)O)cc1. The molecule has 0 atom stereocenters. The maximum absolute atomic E-state index is 11.0. The van der Waals surface area contributed by atoms with Crippen molar-refractivity contribution >= 4 is 23.1 Å². The predicted molar refractivity (Wildman–Crippen MR) is 130 cm³/mol. The number of carbonyl (C=O) groups is 1. The first-order chi connectivity index (χ1) is 16.0. The summed E-state index contributed by atoms with van der Waals surface area (Å²) in [6.07, 6.45) is 1.76. The van der Waals surface area contributed by atoms with Crippen molar-refractivity contribution in [3.05, 3.63) is 72.1 Å². The minimum absolute atomic E-state index is 0.320. The van der Waals surface area contributed by atoms with Crippen molar-refractivity contribution in [2.45, 2.75) is 32.7 Å². The van der Waals surface area contributed by atoms with Gasteiger partial charge >= 0.3 is 6.16 Å². The molecule has 0 radical (unpaired) electrons. The van der Waals surface area contributed by atoms with E-state index >= 15 is 0 Å². The summed E-state index contributed by atoms with van der Waals surface area (Å²) in [5.41, 5.74) is 4.54. The summed E-state index contributed by atoms with van der Waals surface area (Å²) in [5, 5.41) is 9.01. The summed E-state index contributed by atoms with van der Waals surface area (Å²) < 4.78 is 7.14. The third kappa shape index (κ3) is 4.98. The summed E-state index contributed by atoms with van der Waals surface area (Å²) in [6.45, 7) is 2.84. The second-order valence-corrected chi connectivity index (χ2v) is 8.19. The van der Waals surface area contributed by atoms with Crippen LogP contribution >= 0.6 is 0 Å². The van der Waals surface area contributed by atoms with Gasteiger partial charge in [-0.1, -0.05) is 55.8 Å². The van der Waals surface area contributed by atoms with Crippen LogP contribution in [0.1, 0.15) is 31.2 Å². The average Bonchev–Trinajstić information content (AvgIpc) is 3.14. The van der Waals surface area contributed by atoms with Crippen LogP contribution in [-0.4, -0.2) is 39.9 Å². The van der Waals surface area contributed by atoms with Gasteiger partial charge < -0.3 is 19.3 Å². The van der Waals surface area contributed by atoms with Crippen LogP contribution in [0.2, 0.25) is 0 Å². The fraction of sp³-hybridized carbons (Fsp3) is 0.269. The van der Waals surface area contributed by atoms with Crippen LogP contribution in [0, 0.1) is 0 Å². The topological polar surface area (TPSA) is 80.5 Å². The lowest BCUT2D eigenvalue weighted by Gasteiger charge is -2.13. The van der Waals surface area contributed by atoms with Crippen LogP contribution in [0.5, 0.6) is 5.75 Å². The van der Waals surface area contributed by atoms with Gasteiger partial charge in [0, 0.05) is 26.1 Å². The Morgan fingerprint density at radius 3 is 2.48 bits per heavy atom. The molecule has 0 saturated heterocycles. The highest BCUT2D eigenvalue weighted by Crippen LogP contribution is 2.30. The van der Waals surface area contributed by atoms with Crippen LogP contribution in [0.4, 0.5) is 10.6 Å². The Morgan fingerprint density at radius 2 is 1.79 bits per heavy atom.